The molecule has 1 aromatic carbocycles. The second-order valence-corrected chi connectivity index (χ2v) is 6.13. The average Bonchev–Trinajstić information content (AvgIpc) is 2.41. The molecule has 2 N–H and O–H groups in total. The van der Waals surface area contributed by atoms with Gasteiger partial charge in [-0.1, -0.05) is 28.8 Å². The molecule has 3 rings (SSSR count). The molecule has 1 aliphatic carbocycles. The molecule has 98 valence electrons. The summed E-state index contributed by atoms with van der Waals surface area (Å²) in [5.74, 6) is 0.939. The maximum atomic E-state index is 9.94. The number of benzene rings is 1. The standard InChI is InChI=1S/C14H18BrNO2/c15-10-5-6-12(17)11(7-10)14-16-8-9-3-1-2-4-13(9)18-14/h5-7,9,13-14,16-17H,1-4,8H2/t9-,13+,14?/m1/s1. The van der Waals surface area contributed by atoms with E-state index in [9.17, 15) is 5.11 Å². The smallest absolute Gasteiger partial charge is 0.138 e. The molecule has 0 bridgehead atoms. The van der Waals surface area contributed by atoms with E-state index in [1.807, 2.05) is 12.1 Å². The third kappa shape index (κ3) is 2.42. The van der Waals surface area contributed by atoms with Crippen LogP contribution in [0.2, 0.25) is 0 Å². The second-order valence-electron chi connectivity index (χ2n) is 5.21. The molecule has 1 saturated heterocycles. The van der Waals surface area contributed by atoms with Crippen molar-refractivity contribution in [2.45, 2.75) is 38.0 Å². The van der Waals surface area contributed by atoms with Gasteiger partial charge in [-0.25, -0.2) is 0 Å². The van der Waals surface area contributed by atoms with Crippen molar-refractivity contribution < 1.29 is 9.84 Å². The number of rotatable bonds is 1. The summed E-state index contributed by atoms with van der Waals surface area (Å²) in [5.41, 5.74) is 0.827. The summed E-state index contributed by atoms with van der Waals surface area (Å²) in [6.07, 6.45) is 5.16. The van der Waals surface area contributed by atoms with E-state index >= 15 is 0 Å². The van der Waals surface area contributed by atoms with Crippen LogP contribution in [0.4, 0.5) is 0 Å². The fourth-order valence-corrected chi connectivity index (χ4v) is 3.37. The zero-order valence-corrected chi connectivity index (χ0v) is 11.8. The summed E-state index contributed by atoms with van der Waals surface area (Å²) in [5, 5.41) is 13.3. The third-order valence-electron chi connectivity index (χ3n) is 3.99. The van der Waals surface area contributed by atoms with Gasteiger partial charge >= 0.3 is 0 Å². The van der Waals surface area contributed by atoms with Crippen LogP contribution >= 0.6 is 15.9 Å². The molecule has 18 heavy (non-hydrogen) atoms. The van der Waals surface area contributed by atoms with Crippen molar-refractivity contribution in [1.82, 2.24) is 5.32 Å². The van der Waals surface area contributed by atoms with Crippen LogP contribution in [0.1, 0.15) is 37.5 Å². The lowest BCUT2D eigenvalue weighted by atomic mass is 9.85. The molecule has 1 heterocycles. The summed E-state index contributed by atoms with van der Waals surface area (Å²) in [6, 6.07) is 5.47. The fraction of sp³-hybridized carbons (Fsp3) is 0.571. The monoisotopic (exact) mass is 311 g/mol. The second kappa shape index (κ2) is 5.19. The molecule has 1 aliphatic heterocycles. The molecule has 1 unspecified atom stereocenters. The van der Waals surface area contributed by atoms with Crippen molar-refractivity contribution >= 4 is 15.9 Å². The van der Waals surface area contributed by atoms with E-state index < -0.39 is 0 Å². The van der Waals surface area contributed by atoms with Gasteiger partial charge in [-0.15, -0.1) is 0 Å². The summed E-state index contributed by atoms with van der Waals surface area (Å²) < 4.78 is 7.08. The number of aromatic hydroxyl groups is 1. The van der Waals surface area contributed by atoms with E-state index in [0.717, 1.165) is 23.0 Å². The predicted molar refractivity (Wildman–Crippen MR) is 73.4 cm³/mol. The molecule has 0 spiro atoms. The number of ether oxygens (including phenoxy) is 1. The van der Waals surface area contributed by atoms with E-state index in [2.05, 4.69) is 21.2 Å². The number of halogens is 1. The molecule has 3 atom stereocenters. The van der Waals surface area contributed by atoms with Crippen molar-refractivity contribution in [2.24, 2.45) is 5.92 Å². The lowest BCUT2D eigenvalue weighted by molar-refractivity contribution is -0.110. The van der Waals surface area contributed by atoms with Crippen LogP contribution in [0.25, 0.3) is 0 Å². The average molecular weight is 312 g/mol. The van der Waals surface area contributed by atoms with Gasteiger partial charge in [0.05, 0.1) is 6.10 Å². The Kier molecular flexibility index (Phi) is 3.59. The lowest BCUT2D eigenvalue weighted by Crippen LogP contribution is -2.45. The molecule has 1 saturated carbocycles. The molecule has 2 aliphatic rings. The lowest BCUT2D eigenvalue weighted by Gasteiger charge is -2.40. The minimum atomic E-state index is -0.179. The summed E-state index contributed by atoms with van der Waals surface area (Å²) in [4.78, 5) is 0. The highest BCUT2D eigenvalue weighted by molar-refractivity contribution is 9.10. The molecule has 4 heteroatoms. The Balaban J connectivity index is 1.79. The summed E-state index contributed by atoms with van der Waals surface area (Å²) in [6.45, 7) is 0.987. The number of phenols is 1. The van der Waals surface area contributed by atoms with E-state index in [1.54, 1.807) is 6.07 Å². The number of hydrogen-bond donors (Lipinski definition) is 2. The normalized spacial score (nSPS) is 31.9. The Bertz CT molecular complexity index is 438. The Hall–Kier alpha value is -0.580. The van der Waals surface area contributed by atoms with Gasteiger partial charge in [-0.2, -0.15) is 0 Å². The highest BCUT2D eigenvalue weighted by Gasteiger charge is 2.34. The summed E-state index contributed by atoms with van der Waals surface area (Å²) >= 11 is 3.44. The van der Waals surface area contributed by atoms with Gasteiger partial charge in [0, 0.05) is 16.6 Å². The van der Waals surface area contributed by atoms with Gasteiger partial charge in [0.2, 0.25) is 0 Å². The Morgan fingerprint density at radius 2 is 2.11 bits per heavy atom. The van der Waals surface area contributed by atoms with E-state index in [4.69, 9.17) is 4.74 Å². The van der Waals surface area contributed by atoms with Crippen molar-refractivity contribution in [3.63, 3.8) is 0 Å². The molecule has 2 fully saturated rings. The van der Waals surface area contributed by atoms with Crippen LogP contribution in [0, 0.1) is 5.92 Å². The largest absolute Gasteiger partial charge is 0.508 e. The zero-order chi connectivity index (χ0) is 12.5. The molecule has 1 aromatic rings. The van der Waals surface area contributed by atoms with Crippen molar-refractivity contribution in [3.05, 3.63) is 28.2 Å². The third-order valence-corrected chi connectivity index (χ3v) is 4.48. The van der Waals surface area contributed by atoms with E-state index in [0.29, 0.717) is 17.8 Å². The van der Waals surface area contributed by atoms with Crippen molar-refractivity contribution in [2.75, 3.05) is 6.54 Å². The van der Waals surface area contributed by atoms with Gasteiger partial charge in [0.15, 0.2) is 0 Å². The molecule has 0 amide bonds. The van der Waals surface area contributed by atoms with Crippen LogP contribution in [0.15, 0.2) is 22.7 Å². The highest BCUT2D eigenvalue weighted by Crippen LogP contribution is 2.36. The van der Waals surface area contributed by atoms with Crippen LogP contribution in [0.5, 0.6) is 5.75 Å². The quantitative estimate of drug-likeness (QED) is 0.836. The number of nitrogens with one attached hydrogen (secondary N) is 1. The topological polar surface area (TPSA) is 41.5 Å². The summed E-state index contributed by atoms with van der Waals surface area (Å²) in [7, 11) is 0. The number of hydrogen-bond acceptors (Lipinski definition) is 3. The molecule has 0 aromatic heterocycles. The molecular formula is C14H18BrNO2. The molecule has 0 radical (unpaired) electrons. The van der Waals surface area contributed by atoms with Crippen LogP contribution in [0.3, 0.4) is 0 Å². The van der Waals surface area contributed by atoms with Crippen molar-refractivity contribution in [1.29, 1.82) is 0 Å². The SMILES string of the molecule is Oc1ccc(Br)cc1C1NC[C@H]2CCCC[C@@H]2O1. The maximum Gasteiger partial charge on any atom is 0.138 e. The minimum absolute atomic E-state index is 0.179. The first-order valence-electron chi connectivity index (χ1n) is 6.61. The first kappa shape index (κ1) is 12.5. The van der Waals surface area contributed by atoms with E-state index in [1.165, 1.54) is 19.3 Å². The first-order chi connectivity index (χ1) is 8.74. The Morgan fingerprint density at radius 1 is 1.28 bits per heavy atom. The zero-order valence-electron chi connectivity index (χ0n) is 10.2. The Morgan fingerprint density at radius 3 is 3.00 bits per heavy atom. The highest BCUT2D eigenvalue weighted by atomic mass is 79.9. The fourth-order valence-electron chi connectivity index (χ4n) is 2.99. The predicted octanol–water partition coefficient (Wildman–Crippen LogP) is 3.33. The first-order valence-corrected chi connectivity index (χ1v) is 7.40. The van der Waals surface area contributed by atoms with Crippen LogP contribution < -0.4 is 5.32 Å². The maximum absolute atomic E-state index is 9.94. The number of fused-ring (bicyclic) bond motifs is 1. The van der Waals surface area contributed by atoms with Gasteiger partial charge in [0.1, 0.15) is 12.0 Å². The van der Waals surface area contributed by atoms with Gasteiger partial charge in [-0.05, 0) is 37.0 Å². The minimum Gasteiger partial charge on any atom is -0.508 e. The molecule has 3 nitrogen and oxygen atoms in total. The van der Waals surface area contributed by atoms with Gasteiger partial charge in [0.25, 0.3) is 0 Å². The van der Waals surface area contributed by atoms with E-state index in [-0.39, 0.29) is 6.23 Å². The molecular weight excluding hydrogens is 294 g/mol. The van der Waals surface area contributed by atoms with Crippen LogP contribution in [-0.4, -0.2) is 17.8 Å². The Labute approximate surface area is 116 Å². The van der Waals surface area contributed by atoms with Crippen LogP contribution in [-0.2, 0) is 4.74 Å². The number of phenolic OH excluding ortho intramolecular Hbond substituents is 1. The van der Waals surface area contributed by atoms with Gasteiger partial charge < -0.3 is 9.84 Å². The van der Waals surface area contributed by atoms with Crippen molar-refractivity contribution in [3.8, 4) is 5.75 Å². The van der Waals surface area contributed by atoms with Gasteiger partial charge in [-0.3, -0.25) is 5.32 Å².